The number of nitrogens with one attached hydrogen (secondary N) is 2. The fourth-order valence-electron chi connectivity index (χ4n) is 2.81. The summed E-state index contributed by atoms with van der Waals surface area (Å²) in [6, 6.07) is 13.8. The maximum atomic E-state index is 12.6. The number of esters is 1. The zero-order valence-electron chi connectivity index (χ0n) is 16.9. The summed E-state index contributed by atoms with van der Waals surface area (Å²) < 4.78 is 4.71. The maximum absolute atomic E-state index is 12.6. The number of hydrogen-bond acceptors (Lipinski definition) is 6. The topological polar surface area (TPSA) is 142 Å². The van der Waals surface area contributed by atoms with E-state index in [0.717, 1.165) is 0 Å². The lowest BCUT2D eigenvalue weighted by molar-refractivity contribution is -0.151. The predicted molar refractivity (Wildman–Crippen MR) is 110 cm³/mol. The Balaban J connectivity index is 2.20. The van der Waals surface area contributed by atoms with Gasteiger partial charge in [-0.3, -0.25) is 14.4 Å². The van der Waals surface area contributed by atoms with Gasteiger partial charge in [-0.1, -0.05) is 48.5 Å². The molecule has 2 amide bonds. The average molecular weight is 428 g/mol. The maximum Gasteiger partial charge on any atom is 0.326 e. The van der Waals surface area contributed by atoms with Crippen molar-refractivity contribution in [1.29, 1.82) is 0 Å². The molecule has 0 heterocycles. The van der Waals surface area contributed by atoms with Crippen molar-refractivity contribution in [2.45, 2.75) is 31.5 Å². The number of carbonyl (C=O) groups is 4. The van der Waals surface area contributed by atoms with Gasteiger partial charge in [0.2, 0.25) is 0 Å². The van der Waals surface area contributed by atoms with Crippen molar-refractivity contribution in [3.8, 4) is 0 Å². The highest BCUT2D eigenvalue weighted by Crippen LogP contribution is 2.18. The summed E-state index contributed by atoms with van der Waals surface area (Å²) in [6.07, 6.45) is -2.42. The molecule has 2 rings (SSSR count). The lowest BCUT2D eigenvalue weighted by Gasteiger charge is -2.25. The van der Waals surface area contributed by atoms with E-state index in [0.29, 0.717) is 11.1 Å². The van der Waals surface area contributed by atoms with Crippen molar-refractivity contribution in [2.24, 2.45) is 0 Å². The summed E-state index contributed by atoms with van der Waals surface area (Å²) in [5.41, 5.74) is 0.758. The fourth-order valence-corrected chi connectivity index (χ4v) is 2.81. The SMILES string of the molecule is CCOC(=O)C[C@H](NC(=O)[C@H](O)[C@@H](NC(=O)c1ccccc1)c1ccccc1)C(=O)O. The third-order valence-electron chi connectivity index (χ3n) is 4.36. The van der Waals surface area contributed by atoms with E-state index in [9.17, 15) is 29.4 Å². The largest absolute Gasteiger partial charge is 0.480 e. The second-order valence-corrected chi connectivity index (χ2v) is 6.58. The number of carboxylic acids is 1. The molecule has 0 fully saturated rings. The van der Waals surface area contributed by atoms with E-state index < -0.39 is 48.4 Å². The van der Waals surface area contributed by atoms with E-state index in [4.69, 9.17) is 4.74 Å². The lowest BCUT2D eigenvalue weighted by Crippen LogP contribution is -2.50. The highest BCUT2D eigenvalue weighted by atomic mass is 16.5. The number of ether oxygens (including phenoxy) is 1. The smallest absolute Gasteiger partial charge is 0.326 e. The van der Waals surface area contributed by atoms with Gasteiger partial charge in [-0.15, -0.1) is 0 Å². The number of rotatable bonds is 10. The summed E-state index contributed by atoms with van der Waals surface area (Å²) in [5.74, 6) is -3.85. The molecule has 0 aromatic heterocycles. The Bertz CT molecular complexity index is 903. The van der Waals surface area contributed by atoms with Gasteiger partial charge in [0.25, 0.3) is 11.8 Å². The summed E-state index contributed by atoms with van der Waals surface area (Å²) >= 11 is 0. The molecule has 0 aliphatic heterocycles. The standard InChI is InChI=1S/C22H24N2O7/c1-2-31-17(25)13-16(22(29)30)23-21(28)19(26)18(14-9-5-3-6-10-14)24-20(27)15-11-7-4-8-12-15/h3-12,16,18-19,26H,2,13H2,1H3,(H,23,28)(H,24,27)(H,29,30)/t16-,18-,19+/m0/s1. The van der Waals surface area contributed by atoms with Gasteiger partial charge in [0.15, 0.2) is 6.10 Å². The summed E-state index contributed by atoms with van der Waals surface area (Å²) in [6.45, 7) is 1.62. The Morgan fingerprint density at radius 2 is 1.52 bits per heavy atom. The number of benzene rings is 2. The molecule has 0 radical (unpaired) electrons. The van der Waals surface area contributed by atoms with Crippen LogP contribution < -0.4 is 10.6 Å². The summed E-state index contributed by atoms with van der Waals surface area (Å²) in [4.78, 5) is 48.2. The van der Waals surface area contributed by atoms with Crippen molar-refractivity contribution in [2.75, 3.05) is 6.61 Å². The first-order chi connectivity index (χ1) is 14.8. The predicted octanol–water partition coefficient (Wildman–Crippen LogP) is 1.04. The monoisotopic (exact) mass is 428 g/mol. The molecule has 0 aliphatic rings. The van der Waals surface area contributed by atoms with Crippen LogP contribution >= 0.6 is 0 Å². The Labute approximate surface area is 179 Å². The van der Waals surface area contributed by atoms with Gasteiger partial charge in [-0.25, -0.2) is 4.79 Å². The summed E-state index contributed by atoms with van der Waals surface area (Å²) in [5, 5.41) is 24.7. The number of hydrogen-bond donors (Lipinski definition) is 4. The van der Waals surface area contributed by atoms with Gasteiger partial charge in [0, 0.05) is 5.56 Å². The number of aliphatic hydroxyl groups excluding tert-OH is 1. The van der Waals surface area contributed by atoms with Crippen LogP contribution in [0, 0.1) is 0 Å². The number of carboxylic acid groups (broad SMARTS) is 1. The zero-order valence-corrected chi connectivity index (χ0v) is 16.9. The molecule has 4 N–H and O–H groups in total. The molecule has 9 heteroatoms. The minimum absolute atomic E-state index is 0.0589. The first-order valence-corrected chi connectivity index (χ1v) is 9.61. The van der Waals surface area contributed by atoms with Crippen molar-refractivity contribution >= 4 is 23.8 Å². The lowest BCUT2D eigenvalue weighted by atomic mass is 9.99. The van der Waals surface area contributed by atoms with Crippen molar-refractivity contribution in [3.05, 3.63) is 71.8 Å². The minimum Gasteiger partial charge on any atom is -0.480 e. The van der Waals surface area contributed by atoms with E-state index in [1.54, 1.807) is 67.6 Å². The van der Waals surface area contributed by atoms with Crippen LogP contribution in [0.15, 0.2) is 60.7 Å². The van der Waals surface area contributed by atoms with Crippen LogP contribution in [0.4, 0.5) is 0 Å². The van der Waals surface area contributed by atoms with E-state index in [2.05, 4.69) is 10.6 Å². The van der Waals surface area contributed by atoms with Crippen LogP contribution in [0.1, 0.15) is 35.3 Å². The summed E-state index contributed by atoms with van der Waals surface area (Å²) in [7, 11) is 0. The average Bonchev–Trinajstić information content (AvgIpc) is 2.77. The number of amides is 2. The molecule has 0 unspecified atom stereocenters. The third-order valence-corrected chi connectivity index (χ3v) is 4.36. The molecule has 2 aromatic rings. The molecule has 0 spiro atoms. The first-order valence-electron chi connectivity index (χ1n) is 9.61. The van der Waals surface area contributed by atoms with Crippen LogP contribution in [0.25, 0.3) is 0 Å². The molecule has 0 bridgehead atoms. The van der Waals surface area contributed by atoms with Crippen LogP contribution in [-0.4, -0.2) is 52.7 Å². The molecular weight excluding hydrogens is 404 g/mol. The van der Waals surface area contributed by atoms with Crippen LogP contribution in [-0.2, 0) is 19.1 Å². The normalized spacial score (nSPS) is 13.4. The highest BCUT2D eigenvalue weighted by Gasteiger charge is 2.33. The molecule has 2 aromatic carbocycles. The van der Waals surface area contributed by atoms with Crippen molar-refractivity contribution in [1.82, 2.24) is 10.6 Å². The zero-order chi connectivity index (χ0) is 22.8. The van der Waals surface area contributed by atoms with E-state index in [1.165, 1.54) is 0 Å². The quantitative estimate of drug-likeness (QED) is 0.414. The molecule has 3 atom stereocenters. The second kappa shape index (κ2) is 11.5. The second-order valence-electron chi connectivity index (χ2n) is 6.58. The fraction of sp³-hybridized carbons (Fsp3) is 0.273. The van der Waals surface area contributed by atoms with Gasteiger partial charge < -0.3 is 25.6 Å². The Kier molecular flexibility index (Phi) is 8.71. The molecule has 31 heavy (non-hydrogen) atoms. The number of carbonyl (C=O) groups excluding carboxylic acids is 3. The number of aliphatic hydroxyl groups is 1. The molecule has 164 valence electrons. The van der Waals surface area contributed by atoms with Gasteiger partial charge in [-0.05, 0) is 24.6 Å². The molecular formula is C22H24N2O7. The van der Waals surface area contributed by atoms with Gasteiger partial charge >= 0.3 is 11.9 Å². The van der Waals surface area contributed by atoms with E-state index >= 15 is 0 Å². The minimum atomic E-state index is -1.82. The molecule has 0 saturated carbocycles. The van der Waals surface area contributed by atoms with Gasteiger partial charge in [0.1, 0.15) is 6.04 Å². The Morgan fingerprint density at radius 1 is 0.935 bits per heavy atom. The van der Waals surface area contributed by atoms with Crippen LogP contribution in [0.3, 0.4) is 0 Å². The van der Waals surface area contributed by atoms with E-state index in [-0.39, 0.29) is 6.61 Å². The molecule has 9 nitrogen and oxygen atoms in total. The van der Waals surface area contributed by atoms with Crippen LogP contribution in [0.5, 0.6) is 0 Å². The third kappa shape index (κ3) is 6.93. The van der Waals surface area contributed by atoms with Gasteiger partial charge in [0.05, 0.1) is 19.1 Å². The Hall–Kier alpha value is -3.72. The van der Waals surface area contributed by atoms with Gasteiger partial charge in [-0.2, -0.15) is 0 Å². The first kappa shape index (κ1) is 23.6. The van der Waals surface area contributed by atoms with Crippen molar-refractivity contribution in [3.63, 3.8) is 0 Å². The highest BCUT2D eigenvalue weighted by molar-refractivity contribution is 5.95. The molecule has 0 aliphatic carbocycles. The van der Waals surface area contributed by atoms with Crippen molar-refractivity contribution < 1.29 is 34.1 Å². The molecule has 0 saturated heterocycles. The Morgan fingerprint density at radius 3 is 2.06 bits per heavy atom. The van der Waals surface area contributed by atoms with E-state index in [1.807, 2.05) is 0 Å². The number of aliphatic carboxylic acids is 1. The van der Waals surface area contributed by atoms with Crippen LogP contribution in [0.2, 0.25) is 0 Å².